The number of aromatic nitrogens is 1. The van der Waals surface area contributed by atoms with Gasteiger partial charge in [-0.3, -0.25) is 4.90 Å². The van der Waals surface area contributed by atoms with Crippen LogP contribution in [0.3, 0.4) is 0 Å². The number of ether oxygens (including phenoxy) is 1. The standard InChI is InChI=1S/C23H29N3O4/c1-4-6-7-15-24-23(29)26(3)21-10-8-9-19(25-21)18-13-11-17(12-14-18)16-20(22(27)28)30-5-2/h8-14,16H,4-7,15H2,1-3H3,(H,24,29)(H,27,28)/b20-16+. The summed E-state index contributed by atoms with van der Waals surface area (Å²) in [4.78, 5) is 29.6. The van der Waals surface area contributed by atoms with Crippen molar-refractivity contribution in [1.29, 1.82) is 0 Å². The molecule has 2 rings (SSSR count). The van der Waals surface area contributed by atoms with Crippen LogP contribution in [0.15, 0.2) is 48.2 Å². The molecule has 2 N–H and O–H groups in total. The minimum Gasteiger partial charge on any atom is -0.487 e. The Bertz CT molecular complexity index is 878. The minimum atomic E-state index is -1.11. The van der Waals surface area contributed by atoms with E-state index in [1.807, 2.05) is 24.3 Å². The van der Waals surface area contributed by atoms with Gasteiger partial charge in [0, 0.05) is 19.2 Å². The fourth-order valence-electron chi connectivity index (χ4n) is 2.79. The maximum absolute atomic E-state index is 12.3. The largest absolute Gasteiger partial charge is 0.487 e. The van der Waals surface area contributed by atoms with E-state index in [1.165, 1.54) is 11.0 Å². The summed E-state index contributed by atoms with van der Waals surface area (Å²) >= 11 is 0. The third kappa shape index (κ3) is 6.62. The van der Waals surface area contributed by atoms with Gasteiger partial charge in [0.1, 0.15) is 5.82 Å². The van der Waals surface area contributed by atoms with Crippen LogP contribution in [-0.4, -0.2) is 42.3 Å². The third-order valence-corrected chi connectivity index (χ3v) is 4.45. The smallest absolute Gasteiger partial charge is 0.371 e. The van der Waals surface area contributed by atoms with Crippen molar-refractivity contribution in [3.63, 3.8) is 0 Å². The Morgan fingerprint density at radius 3 is 2.50 bits per heavy atom. The summed E-state index contributed by atoms with van der Waals surface area (Å²) < 4.78 is 5.13. The first kappa shape index (κ1) is 22.9. The van der Waals surface area contributed by atoms with Gasteiger partial charge in [0.05, 0.1) is 12.3 Å². The van der Waals surface area contributed by atoms with Crippen LogP contribution < -0.4 is 10.2 Å². The number of unbranched alkanes of at least 4 members (excludes halogenated alkanes) is 2. The van der Waals surface area contributed by atoms with E-state index in [2.05, 4.69) is 17.2 Å². The molecule has 0 atom stereocenters. The first-order valence-electron chi connectivity index (χ1n) is 10.1. The fourth-order valence-corrected chi connectivity index (χ4v) is 2.79. The number of carbonyl (C=O) groups is 2. The lowest BCUT2D eigenvalue weighted by Crippen LogP contribution is -2.38. The van der Waals surface area contributed by atoms with E-state index < -0.39 is 5.97 Å². The lowest BCUT2D eigenvalue weighted by molar-refractivity contribution is -0.136. The third-order valence-electron chi connectivity index (χ3n) is 4.45. The number of anilines is 1. The summed E-state index contributed by atoms with van der Waals surface area (Å²) in [6, 6.07) is 12.6. The van der Waals surface area contributed by atoms with E-state index in [4.69, 9.17) is 9.84 Å². The molecular formula is C23H29N3O4. The second-order valence-electron chi connectivity index (χ2n) is 6.75. The number of nitrogens with one attached hydrogen (secondary N) is 1. The van der Waals surface area contributed by atoms with Crippen LogP contribution in [0.5, 0.6) is 0 Å². The summed E-state index contributed by atoms with van der Waals surface area (Å²) in [5.41, 5.74) is 2.29. The average Bonchev–Trinajstić information content (AvgIpc) is 2.76. The second-order valence-corrected chi connectivity index (χ2v) is 6.75. The van der Waals surface area contributed by atoms with E-state index in [1.54, 1.807) is 32.2 Å². The summed E-state index contributed by atoms with van der Waals surface area (Å²) in [5, 5.41) is 12.1. The Kier molecular flexibility index (Phi) is 8.87. The van der Waals surface area contributed by atoms with E-state index >= 15 is 0 Å². The Labute approximate surface area is 177 Å². The number of pyridine rings is 1. The Balaban J connectivity index is 2.12. The maximum Gasteiger partial charge on any atom is 0.371 e. The molecule has 0 fully saturated rings. The number of benzene rings is 1. The lowest BCUT2D eigenvalue weighted by atomic mass is 10.1. The highest BCUT2D eigenvalue weighted by molar-refractivity contribution is 5.91. The van der Waals surface area contributed by atoms with Gasteiger partial charge in [0.25, 0.3) is 0 Å². The molecule has 1 heterocycles. The van der Waals surface area contributed by atoms with Crippen molar-refractivity contribution < 1.29 is 19.4 Å². The minimum absolute atomic E-state index is 0.100. The highest BCUT2D eigenvalue weighted by atomic mass is 16.5. The van der Waals surface area contributed by atoms with Gasteiger partial charge in [0.2, 0.25) is 5.76 Å². The average molecular weight is 412 g/mol. The molecule has 0 aliphatic heterocycles. The number of amides is 2. The van der Waals surface area contributed by atoms with Gasteiger partial charge in [0.15, 0.2) is 0 Å². The van der Waals surface area contributed by atoms with Crippen molar-refractivity contribution in [3.05, 3.63) is 53.8 Å². The zero-order valence-electron chi connectivity index (χ0n) is 17.7. The van der Waals surface area contributed by atoms with E-state index in [9.17, 15) is 9.59 Å². The van der Waals surface area contributed by atoms with Crippen LogP contribution in [0.2, 0.25) is 0 Å². The molecule has 0 bridgehead atoms. The predicted octanol–water partition coefficient (Wildman–Crippen LogP) is 4.55. The topological polar surface area (TPSA) is 91.8 Å². The molecule has 1 aromatic carbocycles. The quantitative estimate of drug-likeness (QED) is 0.340. The van der Waals surface area contributed by atoms with Crippen molar-refractivity contribution in [2.45, 2.75) is 33.1 Å². The Hall–Kier alpha value is -3.35. The number of aliphatic carboxylic acids is 1. The Morgan fingerprint density at radius 1 is 1.13 bits per heavy atom. The molecular weight excluding hydrogens is 382 g/mol. The van der Waals surface area contributed by atoms with Gasteiger partial charge in [-0.2, -0.15) is 0 Å². The number of carboxylic acids is 1. The molecule has 0 spiro atoms. The molecule has 7 heteroatoms. The molecule has 0 aliphatic rings. The Morgan fingerprint density at radius 2 is 1.87 bits per heavy atom. The van der Waals surface area contributed by atoms with Crippen LogP contribution >= 0.6 is 0 Å². The van der Waals surface area contributed by atoms with Crippen molar-refractivity contribution in [3.8, 4) is 11.3 Å². The molecule has 0 saturated heterocycles. The number of rotatable bonds is 10. The maximum atomic E-state index is 12.3. The van der Waals surface area contributed by atoms with Crippen LogP contribution in [0.4, 0.5) is 10.6 Å². The van der Waals surface area contributed by atoms with Gasteiger partial charge >= 0.3 is 12.0 Å². The molecule has 1 aromatic heterocycles. The molecule has 2 amide bonds. The number of carboxylic acid groups (broad SMARTS) is 1. The molecule has 0 saturated carbocycles. The normalized spacial score (nSPS) is 11.1. The first-order chi connectivity index (χ1) is 14.5. The SMILES string of the molecule is CCCCCNC(=O)N(C)c1cccc(-c2ccc(/C=C(/OCC)C(=O)O)cc2)n1. The molecule has 0 unspecified atom stereocenters. The van der Waals surface area contributed by atoms with Crippen LogP contribution in [0.1, 0.15) is 38.7 Å². The van der Waals surface area contributed by atoms with Crippen molar-refractivity contribution in [2.24, 2.45) is 0 Å². The summed E-state index contributed by atoms with van der Waals surface area (Å²) in [6.45, 7) is 4.79. The number of hydrogen-bond acceptors (Lipinski definition) is 4. The van der Waals surface area contributed by atoms with Gasteiger partial charge in [-0.1, -0.05) is 50.1 Å². The predicted molar refractivity (Wildman–Crippen MR) is 118 cm³/mol. The molecule has 160 valence electrons. The van der Waals surface area contributed by atoms with Gasteiger partial charge in [-0.25, -0.2) is 14.6 Å². The summed E-state index contributed by atoms with van der Waals surface area (Å²) in [5.74, 6) is -0.655. The van der Waals surface area contributed by atoms with Crippen LogP contribution in [0, 0.1) is 0 Å². The van der Waals surface area contributed by atoms with Crippen molar-refractivity contribution >= 4 is 23.9 Å². The second kappa shape index (κ2) is 11.6. The van der Waals surface area contributed by atoms with Crippen molar-refractivity contribution in [2.75, 3.05) is 25.1 Å². The molecule has 0 aliphatic carbocycles. The molecule has 2 aromatic rings. The lowest BCUT2D eigenvalue weighted by Gasteiger charge is -2.18. The monoisotopic (exact) mass is 411 g/mol. The van der Waals surface area contributed by atoms with E-state index in [-0.39, 0.29) is 18.4 Å². The zero-order valence-corrected chi connectivity index (χ0v) is 17.7. The number of urea groups is 1. The number of hydrogen-bond donors (Lipinski definition) is 2. The van der Waals surface area contributed by atoms with E-state index in [0.717, 1.165) is 30.5 Å². The van der Waals surface area contributed by atoms with Gasteiger partial charge < -0.3 is 15.2 Å². The molecule has 7 nitrogen and oxygen atoms in total. The number of carbonyl (C=O) groups excluding carboxylic acids is 1. The molecule has 0 radical (unpaired) electrons. The first-order valence-corrected chi connectivity index (χ1v) is 10.1. The zero-order chi connectivity index (χ0) is 21.9. The highest BCUT2D eigenvalue weighted by Crippen LogP contribution is 2.22. The van der Waals surface area contributed by atoms with E-state index in [0.29, 0.717) is 17.9 Å². The van der Waals surface area contributed by atoms with Crippen LogP contribution in [-0.2, 0) is 9.53 Å². The highest BCUT2D eigenvalue weighted by Gasteiger charge is 2.12. The fraction of sp³-hybridized carbons (Fsp3) is 0.348. The summed E-state index contributed by atoms with van der Waals surface area (Å²) in [6.07, 6.45) is 4.63. The van der Waals surface area contributed by atoms with Gasteiger partial charge in [-0.05, 0) is 37.1 Å². The van der Waals surface area contributed by atoms with Crippen molar-refractivity contribution in [1.82, 2.24) is 10.3 Å². The van der Waals surface area contributed by atoms with Gasteiger partial charge in [-0.15, -0.1) is 0 Å². The molecule has 30 heavy (non-hydrogen) atoms. The summed E-state index contributed by atoms with van der Waals surface area (Å²) in [7, 11) is 1.69. The number of nitrogens with zero attached hydrogens (tertiary/aromatic N) is 2. The van der Waals surface area contributed by atoms with Crippen LogP contribution in [0.25, 0.3) is 17.3 Å².